The number of hydrogen-bond acceptors (Lipinski definition) is 3. The molecule has 0 aliphatic carbocycles. The fraction of sp³-hybridized carbons (Fsp3) is 0.462. The van der Waals surface area contributed by atoms with Gasteiger partial charge in [0.25, 0.3) is 0 Å². The molecule has 2 heterocycles. The summed E-state index contributed by atoms with van der Waals surface area (Å²) in [5.41, 5.74) is 0.850. The van der Waals surface area contributed by atoms with Gasteiger partial charge in [-0.15, -0.1) is 0 Å². The van der Waals surface area contributed by atoms with E-state index >= 15 is 0 Å². The van der Waals surface area contributed by atoms with Gasteiger partial charge in [-0.3, -0.25) is 14.3 Å². The molecule has 0 spiro atoms. The second-order valence-electron chi connectivity index (χ2n) is 4.46. The van der Waals surface area contributed by atoms with Crippen molar-refractivity contribution in [3.63, 3.8) is 0 Å². The average molecular weight is 262 g/mol. The Morgan fingerprint density at radius 1 is 1.63 bits per heavy atom. The van der Waals surface area contributed by atoms with Gasteiger partial charge in [-0.1, -0.05) is 6.92 Å². The first-order valence-electron chi connectivity index (χ1n) is 6.38. The standard InChI is InChI=1S/C13H18N4O2/c1-3-11-13(19)14-8-9-17(11)12(18)5-4-10-6-7-15-16(10)2/h4-7,11H,3,8-9H2,1-2H3,(H,14,19). The molecule has 1 unspecified atom stereocenters. The molecule has 19 heavy (non-hydrogen) atoms. The average Bonchev–Trinajstić information content (AvgIpc) is 2.81. The van der Waals surface area contributed by atoms with Crippen molar-refractivity contribution in [1.29, 1.82) is 0 Å². The summed E-state index contributed by atoms with van der Waals surface area (Å²) in [6.45, 7) is 2.97. The van der Waals surface area contributed by atoms with Crippen molar-refractivity contribution in [1.82, 2.24) is 20.0 Å². The summed E-state index contributed by atoms with van der Waals surface area (Å²) in [7, 11) is 1.81. The quantitative estimate of drug-likeness (QED) is 0.790. The van der Waals surface area contributed by atoms with E-state index in [1.165, 1.54) is 6.08 Å². The van der Waals surface area contributed by atoms with E-state index in [1.807, 2.05) is 20.0 Å². The van der Waals surface area contributed by atoms with E-state index in [1.54, 1.807) is 21.9 Å². The maximum absolute atomic E-state index is 12.1. The maximum Gasteiger partial charge on any atom is 0.247 e. The molecule has 0 saturated carbocycles. The lowest BCUT2D eigenvalue weighted by Crippen LogP contribution is -2.56. The zero-order chi connectivity index (χ0) is 13.8. The molecule has 1 fully saturated rings. The SMILES string of the molecule is CCC1C(=O)NCCN1C(=O)C=Cc1ccnn1C. The van der Waals surface area contributed by atoms with Crippen LogP contribution < -0.4 is 5.32 Å². The number of nitrogens with zero attached hydrogens (tertiary/aromatic N) is 3. The molecule has 6 heteroatoms. The van der Waals surface area contributed by atoms with Gasteiger partial charge in [0.1, 0.15) is 6.04 Å². The molecular formula is C13H18N4O2. The molecule has 1 saturated heterocycles. The van der Waals surface area contributed by atoms with E-state index in [0.29, 0.717) is 19.5 Å². The number of aromatic nitrogens is 2. The number of nitrogens with one attached hydrogen (secondary N) is 1. The molecule has 0 bridgehead atoms. The molecule has 1 atom stereocenters. The third-order valence-corrected chi connectivity index (χ3v) is 3.26. The Balaban J connectivity index is 2.08. The number of piperazine rings is 1. The van der Waals surface area contributed by atoms with Crippen molar-refractivity contribution in [3.8, 4) is 0 Å². The maximum atomic E-state index is 12.1. The van der Waals surface area contributed by atoms with E-state index in [2.05, 4.69) is 10.4 Å². The first-order chi connectivity index (χ1) is 9.13. The minimum Gasteiger partial charge on any atom is -0.353 e. The topological polar surface area (TPSA) is 67.2 Å². The van der Waals surface area contributed by atoms with Crippen LogP contribution in [0, 0.1) is 0 Å². The van der Waals surface area contributed by atoms with E-state index < -0.39 is 0 Å². The fourth-order valence-electron chi connectivity index (χ4n) is 2.18. The van der Waals surface area contributed by atoms with Gasteiger partial charge in [-0.05, 0) is 18.6 Å². The largest absolute Gasteiger partial charge is 0.353 e. The van der Waals surface area contributed by atoms with Crippen LogP contribution in [0.15, 0.2) is 18.3 Å². The first-order valence-corrected chi connectivity index (χ1v) is 6.38. The molecule has 1 aromatic heterocycles. The number of hydrogen-bond donors (Lipinski definition) is 1. The summed E-state index contributed by atoms with van der Waals surface area (Å²) >= 11 is 0. The Kier molecular flexibility index (Phi) is 3.99. The van der Waals surface area contributed by atoms with Gasteiger partial charge >= 0.3 is 0 Å². The number of carbonyl (C=O) groups excluding carboxylic acids is 2. The van der Waals surface area contributed by atoms with Crippen molar-refractivity contribution in [2.45, 2.75) is 19.4 Å². The lowest BCUT2D eigenvalue weighted by atomic mass is 10.1. The minimum atomic E-state index is -0.363. The number of rotatable bonds is 3. The van der Waals surface area contributed by atoms with Crippen LogP contribution >= 0.6 is 0 Å². The summed E-state index contributed by atoms with van der Waals surface area (Å²) in [4.78, 5) is 25.4. The van der Waals surface area contributed by atoms with Crippen molar-refractivity contribution < 1.29 is 9.59 Å². The van der Waals surface area contributed by atoms with Crippen molar-refractivity contribution >= 4 is 17.9 Å². The van der Waals surface area contributed by atoms with E-state index in [0.717, 1.165) is 5.69 Å². The van der Waals surface area contributed by atoms with Crippen molar-refractivity contribution in [2.75, 3.05) is 13.1 Å². The highest BCUT2D eigenvalue weighted by Crippen LogP contribution is 2.10. The monoisotopic (exact) mass is 262 g/mol. The summed E-state index contributed by atoms with van der Waals surface area (Å²) in [5.74, 6) is -0.209. The number of aryl methyl sites for hydroxylation is 1. The van der Waals surface area contributed by atoms with Crippen LogP contribution in [0.4, 0.5) is 0 Å². The van der Waals surface area contributed by atoms with Crippen LogP contribution in [0.25, 0.3) is 6.08 Å². The summed E-state index contributed by atoms with van der Waals surface area (Å²) in [6, 6.07) is 1.46. The van der Waals surface area contributed by atoms with E-state index in [9.17, 15) is 9.59 Å². The zero-order valence-electron chi connectivity index (χ0n) is 11.2. The molecule has 6 nitrogen and oxygen atoms in total. The molecule has 1 aliphatic rings. The van der Waals surface area contributed by atoms with Crippen LogP contribution in [-0.2, 0) is 16.6 Å². The molecule has 1 N–H and O–H groups in total. The molecule has 1 aliphatic heterocycles. The summed E-state index contributed by atoms with van der Waals surface area (Å²) in [6.07, 6.45) is 5.51. The highest BCUT2D eigenvalue weighted by atomic mass is 16.2. The third kappa shape index (κ3) is 2.83. The Bertz CT molecular complexity index is 506. The first kappa shape index (κ1) is 13.3. The third-order valence-electron chi connectivity index (χ3n) is 3.26. The van der Waals surface area contributed by atoms with Crippen LogP contribution in [-0.4, -0.2) is 45.6 Å². The zero-order valence-corrected chi connectivity index (χ0v) is 11.2. The van der Waals surface area contributed by atoms with Crippen molar-refractivity contribution in [2.24, 2.45) is 7.05 Å². The summed E-state index contributed by atoms with van der Waals surface area (Å²) < 4.78 is 1.68. The van der Waals surface area contributed by atoms with Gasteiger partial charge in [-0.2, -0.15) is 5.10 Å². The highest BCUT2D eigenvalue weighted by molar-refractivity contribution is 5.96. The molecular weight excluding hydrogens is 244 g/mol. The van der Waals surface area contributed by atoms with Gasteiger partial charge in [0.2, 0.25) is 11.8 Å². The Labute approximate surface area is 112 Å². The van der Waals surface area contributed by atoms with Gasteiger partial charge < -0.3 is 10.2 Å². The predicted molar refractivity (Wildman–Crippen MR) is 71.0 cm³/mol. The molecule has 0 radical (unpaired) electrons. The van der Waals surface area contributed by atoms with E-state index in [4.69, 9.17) is 0 Å². The number of amides is 2. The van der Waals surface area contributed by atoms with E-state index in [-0.39, 0.29) is 17.9 Å². The highest BCUT2D eigenvalue weighted by Gasteiger charge is 2.30. The molecule has 1 aromatic rings. The van der Waals surface area contributed by atoms with Crippen LogP contribution in [0.2, 0.25) is 0 Å². The second kappa shape index (κ2) is 5.69. The molecule has 0 aromatic carbocycles. The van der Waals surface area contributed by atoms with Gasteiger partial charge in [0.05, 0.1) is 5.69 Å². The van der Waals surface area contributed by atoms with Gasteiger partial charge in [0, 0.05) is 32.4 Å². The predicted octanol–water partition coefficient (Wildman–Crippen LogP) is 0.170. The fourth-order valence-corrected chi connectivity index (χ4v) is 2.18. The van der Waals surface area contributed by atoms with Crippen LogP contribution in [0.1, 0.15) is 19.0 Å². The Morgan fingerprint density at radius 3 is 3.05 bits per heavy atom. The molecule has 102 valence electrons. The minimum absolute atomic E-state index is 0.0731. The summed E-state index contributed by atoms with van der Waals surface area (Å²) in [5, 5.41) is 6.80. The normalized spacial score (nSPS) is 19.8. The molecule has 2 rings (SSSR count). The molecule has 2 amide bonds. The van der Waals surface area contributed by atoms with Crippen LogP contribution in [0.5, 0.6) is 0 Å². The van der Waals surface area contributed by atoms with Crippen LogP contribution in [0.3, 0.4) is 0 Å². The Morgan fingerprint density at radius 2 is 2.42 bits per heavy atom. The van der Waals surface area contributed by atoms with Crippen molar-refractivity contribution in [3.05, 3.63) is 24.0 Å². The van der Waals surface area contributed by atoms with Gasteiger partial charge in [-0.25, -0.2) is 0 Å². The lowest BCUT2D eigenvalue weighted by molar-refractivity contribution is -0.140. The number of carbonyl (C=O) groups is 2. The lowest BCUT2D eigenvalue weighted by Gasteiger charge is -2.33. The Hall–Kier alpha value is -2.11. The second-order valence-corrected chi connectivity index (χ2v) is 4.46. The van der Waals surface area contributed by atoms with Gasteiger partial charge in [0.15, 0.2) is 0 Å². The smallest absolute Gasteiger partial charge is 0.247 e.